The Kier molecular flexibility index (Phi) is 84.8. The molecule has 0 aromatic heterocycles. The molecule has 0 bridgehead atoms. The first-order valence-electron chi connectivity index (χ1n) is 13.8. The minimum atomic E-state index is -1.83. The fourth-order valence-electron chi connectivity index (χ4n) is 2.40. The van der Waals surface area contributed by atoms with Gasteiger partial charge in [-0.05, 0) is 36.3 Å². The Morgan fingerprint density at radius 2 is 0.740 bits per heavy atom. The van der Waals surface area contributed by atoms with Crippen LogP contribution in [-0.4, -0.2) is 105 Å². The van der Waals surface area contributed by atoms with Crippen LogP contribution in [-0.2, 0) is 37.6 Å². The van der Waals surface area contributed by atoms with Crippen molar-refractivity contribution in [2.75, 3.05) is 66.1 Å². The van der Waals surface area contributed by atoms with Gasteiger partial charge in [0.2, 0.25) is 0 Å². The van der Waals surface area contributed by atoms with E-state index in [2.05, 4.69) is 104 Å². The summed E-state index contributed by atoms with van der Waals surface area (Å²) in [7, 11) is -3.63. The molecular formula is C38H102O10Si2. The molecule has 0 aliphatic carbocycles. The maximum Gasteiger partial charge on any atom is 0.192 e. The summed E-state index contributed by atoms with van der Waals surface area (Å²) in [6, 6.07) is 0. The first-order valence-corrected chi connectivity index (χ1v) is 19.6. The minimum Gasteiger partial charge on any atom is -0.414 e. The van der Waals surface area contributed by atoms with Crippen molar-refractivity contribution in [3.05, 3.63) is 26.3 Å². The van der Waals surface area contributed by atoms with Crippen LogP contribution in [0.5, 0.6) is 0 Å². The van der Waals surface area contributed by atoms with Crippen molar-refractivity contribution in [2.45, 2.75) is 164 Å². The quantitative estimate of drug-likeness (QED) is 0.0384. The molecule has 2 atom stereocenters. The second-order valence-electron chi connectivity index (χ2n) is 12.0. The molecule has 50 heavy (non-hydrogen) atoms. The molecule has 322 valence electrons. The molecule has 0 saturated carbocycles. The smallest absolute Gasteiger partial charge is 0.192 e. The van der Waals surface area contributed by atoms with Crippen molar-refractivity contribution in [3.8, 4) is 0 Å². The molecule has 0 spiro atoms. The molecule has 2 unspecified atom stereocenters. The summed E-state index contributed by atoms with van der Waals surface area (Å²) in [6.45, 7) is 37.4. The molecule has 0 radical (unpaired) electrons. The average molecular weight is 775 g/mol. The summed E-state index contributed by atoms with van der Waals surface area (Å²) < 4.78 is 35.3. The highest BCUT2D eigenvalue weighted by atomic mass is 28.4. The van der Waals surface area contributed by atoms with Crippen LogP contribution < -0.4 is 0 Å². The third-order valence-electron chi connectivity index (χ3n) is 6.90. The fraction of sp³-hybridized carbons (Fsp3) is 0.895. The van der Waals surface area contributed by atoms with Crippen molar-refractivity contribution >= 4 is 16.6 Å². The minimum absolute atomic E-state index is 0. The van der Waals surface area contributed by atoms with Crippen LogP contribution >= 0.6 is 0 Å². The number of hydrogen-bond donors (Lipinski definition) is 2. The number of hydrogen-bond acceptors (Lipinski definition) is 10. The maximum atomic E-state index is 8.69. The second-order valence-corrected chi connectivity index (χ2v) is 21.6. The molecule has 0 aromatic carbocycles. The Labute approximate surface area is 320 Å². The Morgan fingerprint density at radius 1 is 0.460 bits per heavy atom. The topological polar surface area (TPSA) is 114 Å². The third kappa shape index (κ3) is 43.7. The Bertz CT molecular complexity index is 583. The van der Waals surface area contributed by atoms with Gasteiger partial charge in [-0.15, -0.1) is 26.3 Å². The Morgan fingerprint density at radius 3 is 1.02 bits per heavy atom. The first-order chi connectivity index (χ1) is 18.6. The van der Waals surface area contributed by atoms with Crippen LogP contribution in [0.4, 0.5) is 0 Å². The van der Waals surface area contributed by atoms with Gasteiger partial charge in [-0.25, -0.2) is 9.78 Å². The molecule has 2 N–H and O–H groups in total. The lowest BCUT2D eigenvalue weighted by molar-refractivity contribution is -0.332. The van der Waals surface area contributed by atoms with E-state index in [0.29, 0.717) is 46.2 Å². The van der Waals surface area contributed by atoms with Crippen molar-refractivity contribution < 1.29 is 48.1 Å². The van der Waals surface area contributed by atoms with Gasteiger partial charge in [-0.2, -0.15) is 0 Å². The van der Waals surface area contributed by atoms with Crippen LogP contribution in [0.25, 0.3) is 0 Å². The van der Waals surface area contributed by atoms with E-state index in [1.165, 1.54) is 0 Å². The summed E-state index contributed by atoms with van der Waals surface area (Å²) in [5.74, 6) is 0. The summed E-state index contributed by atoms with van der Waals surface area (Å²) in [5, 5.41) is 17.4. The second kappa shape index (κ2) is 48.5. The van der Waals surface area contributed by atoms with Gasteiger partial charge in [0.05, 0.1) is 59.5 Å². The van der Waals surface area contributed by atoms with E-state index in [9.17, 15) is 0 Å². The van der Waals surface area contributed by atoms with Crippen LogP contribution in [0.15, 0.2) is 26.3 Å². The van der Waals surface area contributed by atoms with Gasteiger partial charge >= 0.3 is 0 Å². The molecule has 0 rings (SSSR count). The average Bonchev–Trinajstić information content (AvgIpc) is 2.88. The van der Waals surface area contributed by atoms with Crippen LogP contribution in [0.3, 0.4) is 0 Å². The third-order valence-corrected chi connectivity index (χ3v) is 16.0. The van der Waals surface area contributed by atoms with Gasteiger partial charge in [-0.1, -0.05) is 116 Å². The summed E-state index contributed by atoms with van der Waals surface area (Å²) >= 11 is 0. The molecule has 0 aliphatic rings. The van der Waals surface area contributed by atoms with Gasteiger partial charge in [0.25, 0.3) is 0 Å². The van der Waals surface area contributed by atoms with Gasteiger partial charge in [-0.3, -0.25) is 10.5 Å². The zero-order valence-electron chi connectivity index (χ0n) is 27.2. The molecule has 0 heterocycles. The zero-order chi connectivity index (χ0) is 31.9. The predicted octanol–water partition coefficient (Wildman–Crippen LogP) is 12.8. The lowest BCUT2D eigenvalue weighted by Gasteiger charge is -2.36. The van der Waals surface area contributed by atoms with E-state index < -0.39 is 22.7 Å². The predicted molar refractivity (Wildman–Crippen MR) is 234 cm³/mol. The van der Waals surface area contributed by atoms with E-state index in [1.54, 1.807) is 0 Å². The highest BCUT2D eigenvalue weighted by Gasteiger charge is 2.37. The van der Waals surface area contributed by atoms with E-state index in [1.807, 2.05) is 0 Å². The van der Waals surface area contributed by atoms with E-state index in [4.69, 9.17) is 38.3 Å². The molecule has 10 nitrogen and oxygen atoms in total. The summed E-state index contributed by atoms with van der Waals surface area (Å²) in [6.07, 6.45) is -1.02. The van der Waals surface area contributed by atoms with Crippen LogP contribution in [0.1, 0.15) is 116 Å². The molecule has 12 heteroatoms. The molecule has 0 aliphatic heterocycles. The van der Waals surface area contributed by atoms with Crippen molar-refractivity contribution in [1.29, 1.82) is 0 Å². The lowest BCUT2D eigenvalue weighted by Crippen LogP contribution is -2.42. The Hall–Kier alpha value is -0.486. The first kappa shape index (κ1) is 87.4. The largest absolute Gasteiger partial charge is 0.414 e. The highest BCUT2D eigenvalue weighted by Crippen LogP contribution is 2.37. The lowest BCUT2D eigenvalue weighted by atomic mass is 10.2. The fourth-order valence-corrected chi connectivity index (χ4v) is 4.45. The number of ether oxygens (including phenoxy) is 4. The normalized spacial score (nSPS) is 11.2. The van der Waals surface area contributed by atoms with Gasteiger partial charge < -0.3 is 27.8 Å². The van der Waals surface area contributed by atoms with E-state index in [-0.39, 0.29) is 110 Å². The number of rotatable bonds is 21. The SMILES string of the molecule is C.C.C.C.C.C.C.C.C.C.C=C.C=C.CC(C)(C)[Si](C)(C)OCCOCC(COCCOCC(COO)OO)OCCO[Si](C)(C)C(C)(C)C. The standard InChI is InChI=1S/C24H54O10Si2.2C2H4.10CH4/c1-23(2,3)35(7,8)32-15-13-29-18-21(30-14-16-33-36(9,10)24(4,5)6)17-27-11-12-28-19-22(34-26)20-31-25;2*1-2;;;;;;;;;;/h21-22,25-26H,11-20H2,1-10H3;2*1-2H2;10*1H4. The monoisotopic (exact) mass is 775 g/mol. The molecule has 0 amide bonds. The molecule has 0 saturated heterocycles. The summed E-state index contributed by atoms with van der Waals surface area (Å²) in [4.78, 5) is 8.07. The highest BCUT2D eigenvalue weighted by molar-refractivity contribution is 6.74. The zero-order valence-corrected chi connectivity index (χ0v) is 29.2. The molecule has 0 aromatic rings. The van der Waals surface area contributed by atoms with E-state index >= 15 is 0 Å². The van der Waals surface area contributed by atoms with Crippen molar-refractivity contribution in [1.82, 2.24) is 0 Å². The van der Waals surface area contributed by atoms with Crippen molar-refractivity contribution in [3.63, 3.8) is 0 Å². The van der Waals surface area contributed by atoms with E-state index in [0.717, 1.165) is 0 Å². The van der Waals surface area contributed by atoms with Gasteiger partial charge in [0.15, 0.2) is 16.6 Å². The van der Waals surface area contributed by atoms with Gasteiger partial charge in [0, 0.05) is 0 Å². The van der Waals surface area contributed by atoms with Gasteiger partial charge in [0.1, 0.15) is 18.8 Å². The molecule has 0 fully saturated rings. The molecular weight excluding hydrogens is 673 g/mol. The van der Waals surface area contributed by atoms with Crippen molar-refractivity contribution in [2.24, 2.45) is 0 Å². The van der Waals surface area contributed by atoms with Crippen LogP contribution in [0, 0.1) is 0 Å². The maximum absolute atomic E-state index is 8.69. The van der Waals surface area contributed by atoms with Crippen LogP contribution in [0.2, 0.25) is 36.3 Å². The Balaban J connectivity index is -0.0000000855. The summed E-state index contributed by atoms with van der Waals surface area (Å²) in [5.41, 5.74) is 0.